The van der Waals surface area contributed by atoms with Crippen LogP contribution in [0.25, 0.3) is 11.1 Å². The van der Waals surface area contributed by atoms with E-state index in [1.54, 1.807) is 12.1 Å². The van der Waals surface area contributed by atoms with Crippen molar-refractivity contribution < 1.29 is 23.1 Å². The van der Waals surface area contributed by atoms with E-state index >= 15 is 0 Å². The summed E-state index contributed by atoms with van der Waals surface area (Å²) in [5.41, 5.74) is -1.68. The summed E-state index contributed by atoms with van der Waals surface area (Å²) in [6, 6.07) is 20.4. The molecule has 6 heteroatoms. The summed E-state index contributed by atoms with van der Waals surface area (Å²) in [6.07, 6.45) is -5.20. The second-order valence-corrected chi connectivity index (χ2v) is 6.47. The zero-order valence-corrected chi connectivity index (χ0v) is 15.0. The van der Waals surface area contributed by atoms with E-state index in [1.807, 2.05) is 37.3 Å². The fourth-order valence-electron chi connectivity index (χ4n) is 2.82. The molecule has 0 spiro atoms. The van der Waals surface area contributed by atoms with Crippen molar-refractivity contribution in [2.24, 2.45) is 0 Å². The first kappa shape index (κ1) is 19.6. The maximum absolute atomic E-state index is 13.7. The van der Waals surface area contributed by atoms with Crippen molar-refractivity contribution in [2.45, 2.75) is 18.7 Å². The number of rotatable bonds is 4. The van der Waals surface area contributed by atoms with Gasteiger partial charge < -0.3 is 10.4 Å². The summed E-state index contributed by atoms with van der Waals surface area (Å²) in [5, 5.41) is 12.6. The number of aryl methyl sites for hydroxylation is 1. The molecule has 0 radical (unpaired) electrons. The van der Waals surface area contributed by atoms with Crippen molar-refractivity contribution in [1.82, 2.24) is 0 Å². The predicted molar refractivity (Wildman–Crippen MR) is 102 cm³/mol. The lowest BCUT2D eigenvalue weighted by atomic mass is 9.90. The van der Waals surface area contributed by atoms with Crippen molar-refractivity contribution >= 4 is 11.6 Å². The van der Waals surface area contributed by atoms with Crippen LogP contribution in [0.1, 0.15) is 11.1 Å². The molecule has 1 amide bonds. The van der Waals surface area contributed by atoms with Crippen molar-refractivity contribution in [3.05, 3.63) is 90.0 Å². The molecule has 0 fully saturated rings. The molecule has 28 heavy (non-hydrogen) atoms. The Morgan fingerprint density at radius 3 is 1.89 bits per heavy atom. The van der Waals surface area contributed by atoms with Crippen LogP contribution in [0.2, 0.25) is 0 Å². The quantitative estimate of drug-likeness (QED) is 0.660. The number of nitrogens with one attached hydrogen (secondary N) is 1. The Hall–Kier alpha value is -3.12. The normalized spacial score (nSPS) is 13.6. The summed E-state index contributed by atoms with van der Waals surface area (Å²) < 4.78 is 41.2. The monoisotopic (exact) mass is 385 g/mol. The number of halogens is 3. The largest absolute Gasteiger partial charge is 0.430 e. The minimum Gasteiger partial charge on any atom is -0.368 e. The molecule has 3 aromatic rings. The number of anilines is 1. The van der Waals surface area contributed by atoms with Crippen LogP contribution >= 0.6 is 0 Å². The highest BCUT2D eigenvalue weighted by atomic mass is 19.4. The van der Waals surface area contributed by atoms with Gasteiger partial charge in [-0.15, -0.1) is 0 Å². The zero-order valence-electron chi connectivity index (χ0n) is 15.0. The Morgan fingerprint density at radius 2 is 1.36 bits per heavy atom. The van der Waals surface area contributed by atoms with E-state index in [4.69, 9.17) is 0 Å². The van der Waals surface area contributed by atoms with E-state index in [0.717, 1.165) is 23.3 Å². The van der Waals surface area contributed by atoms with Crippen LogP contribution in [0.15, 0.2) is 78.9 Å². The van der Waals surface area contributed by atoms with Crippen LogP contribution in [0.5, 0.6) is 0 Å². The van der Waals surface area contributed by atoms with Crippen molar-refractivity contribution in [1.29, 1.82) is 0 Å². The lowest BCUT2D eigenvalue weighted by Gasteiger charge is -2.29. The molecular formula is C22H18F3NO2. The van der Waals surface area contributed by atoms with Crippen molar-refractivity contribution in [3.8, 4) is 11.1 Å². The number of hydrogen-bond donors (Lipinski definition) is 2. The average molecular weight is 385 g/mol. The van der Waals surface area contributed by atoms with Gasteiger partial charge in [0, 0.05) is 11.3 Å². The Kier molecular flexibility index (Phi) is 5.25. The summed E-state index contributed by atoms with van der Waals surface area (Å²) in [6.45, 7) is 1.81. The molecule has 0 heterocycles. The van der Waals surface area contributed by atoms with Gasteiger partial charge in [0.25, 0.3) is 11.5 Å². The Morgan fingerprint density at radius 1 is 0.821 bits per heavy atom. The Bertz CT molecular complexity index is 952. The van der Waals surface area contributed by atoms with Gasteiger partial charge in [0.15, 0.2) is 0 Å². The molecule has 3 nitrogen and oxygen atoms in total. The van der Waals surface area contributed by atoms with Gasteiger partial charge in [-0.05, 0) is 30.2 Å². The highest BCUT2D eigenvalue weighted by Gasteiger charge is 2.60. The van der Waals surface area contributed by atoms with E-state index < -0.39 is 23.2 Å². The van der Waals surface area contributed by atoms with Gasteiger partial charge in [-0.1, -0.05) is 72.3 Å². The third-order valence-corrected chi connectivity index (χ3v) is 4.46. The van der Waals surface area contributed by atoms with Crippen molar-refractivity contribution in [3.63, 3.8) is 0 Å². The molecule has 2 N–H and O–H groups in total. The molecule has 0 aliphatic rings. The SMILES string of the molecule is Cc1ccc(NC(=O)C(O)(c2ccc(-c3ccccc3)cc2)C(F)(F)F)cc1. The standard InChI is InChI=1S/C22H18F3NO2/c1-15-7-13-19(14-8-15)26-20(27)21(28,22(23,24)25)18-11-9-17(10-12-18)16-5-3-2-4-6-16/h2-14,28H,1H3,(H,26,27). The summed E-state index contributed by atoms with van der Waals surface area (Å²) in [7, 11) is 0. The fourth-order valence-corrected chi connectivity index (χ4v) is 2.82. The van der Waals surface area contributed by atoms with Gasteiger partial charge in [-0.2, -0.15) is 13.2 Å². The minimum absolute atomic E-state index is 0.166. The first-order valence-electron chi connectivity index (χ1n) is 8.55. The van der Waals surface area contributed by atoms with Gasteiger partial charge in [0.05, 0.1) is 0 Å². The van der Waals surface area contributed by atoms with Crippen LogP contribution < -0.4 is 5.32 Å². The van der Waals surface area contributed by atoms with E-state index in [2.05, 4.69) is 5.32 Å². The van der Waals surface area contributed by atoms with Gasteiger partial charge in [0.1, 0.15) is 0 Å². The summed E-state index contributed by atoms with van der Waals surface area (Å²) in [4.78, 5) is 12.4. The second kappa shape index (κ2) is 7.48. The van der Waals surface area contributed by atoms with E-state index in [0.29, 0.717) is 5.56 Å². The molecule has 0 saturated carbocycles. The molecule has 0 aromatic heterocycles. The number of aliphatic hydroxyl groups is 1. The van der Waals surface area contributed by atoms with Gasteiger partial charge in [-0.25, -0.2) is 0 Å². The third-order valence-electron chi connectivity index (χ3n) is 4.46. The topological polar surface area (TPSA) is 49.3 Å². The minimum atomic E-state index is -5.20. The van der Waals surface area contributed by atoms with E-state index in [-0.39, 0.29) is 5.69 Å². The molecule has 3 rings (SSSR count). The molecule has 1 atom stereocenters. The van der Waals surface area contributed by atoms with Crippen molar-refractivity contribution in [2.75, 3.05) is 5.32 Å². The van der Waals surface area contributed by atoms with Crippen LogP contribution in [0.3, 0.4) is 0 Å². The molecule has 0 saturated heterocycles. The van der Waals surface area contributed by atoms with Gasteiger partial charge in [0.2, 0.25) is 0 Å². The third kappa shape index (κ3) is 3.77. The maximum atomic E-state index is 13.7. The molecule has 0 bridgehead atoms. The lowest BCUT2D eigenvalue weighted by molar-refractivity contribution is -0.254. The smallest absolute Gasteiger partial charge is 0.368 e. The molecule has 0 aliphatic heterocycles. The van der Waals surface area contributed by atoms with Crippen LogP contribution in [-0.4, -0.2) is 17.2 Å². The fraction of sp³-hybridized carbons (Fsp3) is 0.136. The van der Waals surface area contributed by atoms with Crippen LogP contribution in [0.4, 0.5) is 18.9 Å². The number of carbonyl (C=O) groups excluding carboxylic acids is 1. The van der Waals surface area contributed by atoms with Gasteiger partial charge >= 0.3 is 6.18 Å². The number of carbonyl (C=O) groups is 1. The number of alkyl halides is 3. The van der Waals surface area contributed by atoms with Gasteiger partial charge in [-0.3, -0.25) is 4.79 Å². The number of amides is 1. The molecule has 1 unspecified atom stereocenters. The summed E-state index contributed by atoms with van der Waals surface area (Å²) >= 11 is 0. The second-order valence-electron chi connectivity index (χ2n) is 6.47. The molecule has 144 valence electrons. The Labute approximate surface area is 160 Å². The average Bonchev–Trinajstić information content (AvgIpc) is 2.69. The number of hydrogen-bond acceptors (Lipinski definition) is 2. The first-order valence-corrected chi connectivity index (χ1v) is 8.55. The molecule has 3 aromatic carbocycles. The predicted octanol–water partition coefficient (Wildman–Crippen LogP) is 5.05. The summed E-state index contributed by atoms with van der Waals surface area (Å²) in [5.74, 6) is -1.56. The van der Waals surface area contributed by atoms with Crippen LogP contribution in [-0.2, 0) is 10.4 Å². The lowest BCUT2D eigenvalue weighted by Crippen LogP contribution is -2.52. The highest BCUT2D eigenvalue weighted by Crippen LogP contribution is 2.40. The highest BCUT2D eigenvalue weighted by molar-refractivity contribution is 5.98. The van der Waals surface area contributed by atoms with E-state index in [1.165, 1.54) is 24.3 Å². The van der Waals surface area contributed by atoms with E-state index in [9.17, 15) is 23.1 Å². The maximum Gasteiger partial charge on any atom is 0.430 e. The van der Waals surface area contributed by atoms with Crippen LogP contribution in [0, 0.1) is 6.92 Å². The zero-order chi connectivity index (χ0) is 20.4. The molecular weight excluding hydrogens is 367 g/mol. The Balaban J connectivity index is 1.95. The molecule has 0 aliphatic carbocycles. The first-order chi connectivity index (χ1) is 13.2. The number of benzene rings is 3.